The smallest absolute Gasteiger partial charge is 0.114 e. The van der Waals surface area contributed by atoms with Crippen molar-refractivity contribution in [3.63, 3.8) is 0 Å². The number of fused-ring (bicyclic) bond motifs is 17. The van der Waals surface area contributed by atoms with Crippen LogP contribution in [0.25, 0.3) is 219 Å². The van der Waals surface area contributed by atoms with E-state index in [4.69, 9.17) is 9.97 Å². The lowest BCUT2D eigenvalue weighted by molar-refractivity contribution is 0.908. The van der Waals surface area contributed by atoms with E-state index < -0.39 is 0 Å². The average Bonchev–Trinajstić information content (AvgIpc) is 1.14. The van der Waals surface area contributed by atoms with Crippen molar-refractivity contribution in [3.8, 4) is 89.3 Å². The Kier molecular flexibility index (Phi) is 14.6. The molecule has 22 aromatic rings. The van der Waals surface area contributed by atoms with Crippen LogP contribution in [0, 0.1) is 0 Å². The fraction of sp³-hybridized carbons (Fsp3) is 0.0377. The van der Waals surface area contributed by atoms with E-state index in [1.807, 2.05) is 0 Å². The first kappa shape index (κ1) is 63.2. The Labute approximate surface area is 636 Å². The molecule has 0 fully saturated rings. The molecule has 0 aliphatic carbocycles. The van der Waals surface area contributed by atoms with Gasteiger partial charge in [0.05, 0.1) is 22.1 Å². The summed E-state index contributed by atoms with van der Waals surface area (Å²) in [6.07, 6.45) is 1.64. The molecule has 0 spiro atoms. The van der Waals surface area contributed by atoms with Gasteiger partial charge in [-0.15, -0.1) is 0 Å². The van der Waals surface area contributed by atoms with Crippen molar-refractivity contribution in [2.45, 2.75) is 26.7 Å². The third-order valence-corrected chi connectivity index (χ3v) is 23.5. The summed E-state index contributed by atoms with van der Waals surface area (Å²) in [7, 11) is 0. The van der Waals surface area contributed by atoms with Crippen LogP contribution in [0.3, 0.4) is 0 Å². The molecule has 0 N–H and O–H groups in total. The zero-order valence-corrected chi connectivity index (χ0v) is 60.8. The van der Waals surface area contributed by atoms with Gasteiger partial charge in [0, 0.05) is 24.2 Å². The molecule has 0 radical (unpaired) electrons. The van der Waals surface area contributed by atoms with Crippen LogP contribution in [0.4, 0.5) is 0 Å². The first-order valence-electron chi connectivity index (χ1n) is 38.5. The summed E-state index contributed by atoms with van der Waals surface area (Å²) in [5, 5.41) is 24.6. The summed E-state index contributed by atoms with van der Waals surface area (Å²) >= 11 is 0. The quantitative estimate of drug-likeness (QED) is 0.0956. The average molecular weight is 1400 g/mol. The van der Waals surface area contributed by atoms with Crippen molar-refractivity contribution in [1.82, 2.24) is 19.1 Å². The van der Waals surface area contributed by atoms with Gasteiger partial charge in [0.25, 0.3) is 0 Å². The molecule has 2 heterocycles. The number of aryl methyl sites for hydroxylation is 2. The van der Waals surface area contributed by atoms with Gasteiger partial charge in [0.2, 0.25) is 0 Å². The topological polar surface area (TPSA) is 35.6 Å². The summed E-state index contributed by atoms with van der Waals surface area (Å²) in [4.78, 5) is 10.2. The Morgan fingerprint density at radius 3 is 1.05 bits per heavy atom. The zero-order valence-electron chi connectivity index (χ0n) is 60.8. The van der Waals surface area contributed by atoms with E-state index in [0.717, 1.165) is 91.3 Å². The van der Waals surface area contributed by atoms with Crippen LogP contribution in [-0.2, 0) is 12.8 Å². The molecular formula is C106H70N4. The van der Waals surface area contributed by atoms with E-state index >= 15 is 0 Å². The van der Waals surface area contributed by atoms with E-state index in [0.29, 0.717) is 0 Å². The normalized spacial score (nSPS) is 12.0. The maximum atomic E-state index is 5.10. The molecule has 0 aliphatic heterocycles. The molecule has 2 aromatic heterocycles. The van der Waals surface area contributed by atoms with Crippen LogP contribution in [-0.4, -0.2) is 19.1 Å². The van der Waals surface area contributed by atoms with E-state index in [2.05, 4.69) is 387 Å². The summed E-state index contributed by atoms with van der Waals surface area (Å²) in [5.41, 5.74) is 22.9. The van der Waals surface area contributed by atoms with Gasteiger partial charge in [-0.1, -0.05) is 293 Å². The molecule has 110 heavy (non-hydrogen) atoms. The number of aromatic nitrogens is 4. The Morgan fingerprint density at radius 2 is 0.527 bits per heavy atom. The van der Waals surface area contributed by atoms with Crippen molar-refractivity contribution in [2.75, 3.05) is 0 Å². The first-order chi connectivity index (χ1) is 54.4. The van der Waals surface area contributed by atoms with Crippen LogP contribution in [0.15, 0.2) is 364 Å². The van der Waals surface area contributed by atoms with Crippen LogP contribution in [0.5, 0.6) is 0 Å². The van der Waals surface area contributed by atoms with Gasteiger partial charge in [-0.2, -0.15) is 0 Å². The van der Waals surface area contributed by atoms with Crippen molar-refractivity contribution in [1.29, 1.82) is 0 Å². The third kappa shape index (κ3) is 9.99. The number of para-hydroxylation sites is 4. The standard InChI is InChI=1S/C106H70N4/c1-3-100-107-96-33-16-18-35-98(96)109(100)78-50-41-68(42-51-78)103-87-31-14-15-32-88(87)105(76-48-54-81-75(60-76)40-39-67-38-37-66-23-8-9-26-80(66)102(67)81)93-62-73(46-57-89(93)103)70-24-20-25-71(59-70)74-47-58-91-95(63-74)106(77-49-55-86-84-29-11-10-27-82(84)83-28-12-13-30-85(83)92(86)64-77)94-61-72(65-21-6-5-7-22-65)45-56-90(94)104(91)69-43-52-79(53-44-69)110-99-36-19-17-34-97(99)108-101(110)4-2/h5-64H,3-4H2,1-2H3. The highest BCUT2D eigenvalue weighted by Crippen LogP contribution is 2.51. The lowest BCUT2D eigenvalue weighted by Gasteiger charge is -2.21. The summed E-state index contributed by atoms with van der Waals surface area (Å²) < 4.78 is 4.65. The largest absolute Gasteiger partial charge is 0.296 e. The van der Waals surface area contributed by atoms with Gasteiger partial charge in [0.15, 0.2) is 0 Å². The fourth-order valence-electron chi connectivity index (χ4n) is 18.5. The molecule has 0 atom stereocenters. The molecular weight excluding hydrogens is 1330 g/mol. The lowest BCUT2D eigenvalue weighted by Crippen LogP contribution is -2.00. The molecule has 22 rings (SSSR count). The van der Waals surface area contributed by atoms with Crippen molar-refractivity contribution in [3.05, 3.63) is 376 Å². The number of benzene rings is 20. The van der Waals surface area contributed by atoms with Crippen LogP contribution in [0.2, 0.25) is 0 Å². The van der Waals surface area contributed by atoms with E-state index in [-0.39, 0.29) is 0 Å². The highest BCUT2D eigenvalue weighted by atomic mass is 15.1. The molecule has 20 aromatic carbocycles. The number of nitrogens with zero attached hydrogens (tertiary/aromatic N) is 4. The number of imidazole rings is 2. The van der Waals surface area contributed by atoms with Crippen LogP contribution >= 0.6 is 0 Å². The second kappa shape index (κ2) is 25.3. The summed E-state index contributed by atoms with van der Waals surface area (Å²) in [6.45, 7) is 4.38. The highest BCUT2D eigenvalue weighted by Gasteiger charge is 2.24. The Balaban J connectivity index is 0.758. The van der Waals surface area contributed by atoms with Crippen molar-refractivity contribution < 1.29 is 0 Å². The zero-order chi connectivity index (χ0) is 72.7. The van der Waals surface area contributed by atoms with Gasteiger partial charge in [0.1, 0.15) is 11.6 Å². The predicted molar refractivity (Wildman–Crippen MR) is 468 cm³/mol. The van der Waals surface area contributed by atoms with E-state index in [9.17, 15) is 0 Å². The summed E-state index contributed by atoms with van der Waals surface area (Å²) in [6, 6.07) is 137. The second-order valence-corrected chi connectivity index (χ2v) is 29.5. The summed E-state index contributed by atoms with van der Waals surface area (Å²) in [5.74, 6) is 2.09. The molecule has 0 saturated carbocycles. The Bertz CT molecular complexity index is 7550. The second-order valence-electron chi connectivity index (χ2n) is 29.5. The Morgan fingerprint density at radius 1 is 0.200 bits per heavy atom. The minimum atomic E-state index is 0.815. The van der Waals surface area contributed by atoms with Gasteiger partial charge < -0.3 is 0 Å². The van der Waals surface area contributed by atoms with Gasteiger partial charge in [-0.25, -0.2) is 9.97 Å². The van der Waals surface area contributed by atoms with Crippen molar-refractivity contribution in [2.24, 2.45) is 0 Å². The molecule has 0 unspecified atom stereocenters. The number of hydrogen-bond acceptors (Lipinski definition) is 2. The highest BCUT2D eigenvalue weighted by molar-refractivity contribution is 6.29. The third-order valence-electron chi connectivity index (χ3n) is 23.5. The minimum absolute atomic E-state index is 0.815. The maximum Gasteiger partial charge on any atom is 0.114 e. The predicted octanol–water partition coefficient (Wildman–Crippen LogP) is 28.7. The molecule has 4 nitrogen and oxygen atoms in total. The minimum Gasteiger partial charge on any atom is -0.296 e. The molecule has 514 valence electrons. The molecule has 0 amide bonds. The van der Waals surface area contributed by atoms with E-state index in [1.54, 1.807) is 0 Å². The van der Waals surface area contributed by atoms with Gasteiger partial charge >= 0.3 is 0 Å². The van der Waals surface area contributed by atoms with E-state index in [1.165, 1.54) is 152 Å². The number of hydrogen-bond donors (Lipinski definition) is 0. The van der Waals surface area contributed by atoms with Gasteiger partial charge in [-0.3, -0.25) is 9.13 Å². The lowest BCUT2D eigenvalue weighted by atomic mass is 9.83. The molecule has 0 bridgehead atoms. The molecule has 0 saturated heterocycles. The Hall–Kier alpha value is -14.1. The first-order valence-corrected chi connectivity index (χ1v) is 38.5. The molecule has 0 aliphatic rings. The van der Waals surface area contributed by atoms with Crippen LogP contribution in [0.1, 0.15) is 25.5 Å². The monoisotopic (exact) mass is 1400 g/mol. The van der Waals surface area contributed by atoms with Gasteiger partial charge in [-0.05, 0) is 271 Å². The van der Waals surface area contributed by atoms with Crippen LogP contribution < -0.4 is 0 Å². The maximum absolute atomic E-state index is 5.10. The number of rotatable bonds is 11. The SMILES string of the molecule is CCc1nc2ccccc2n1-c1ccc(-c2c3ccccc3c(-c3ccc4c(ccc5ccc6ccccc6c54)c3)c3cc(-c4cccc(-c5ccc6c(-c7ccc(-n8c(CC)nc9ccccc98)cc7)c7ccc(-c8ccccc8)cc7c(-c7ccc8c9ccccc9c9ccccc9c8c7)c6c5)c4)ccc23)cc1. The fourth-order valence-corrected chi connectivity index (χ4v) is 18.5. The van der Waals surface area contributed by atoms with Crippen molar-refractivity contribution >= 4 is 130 Å². The molecule has 4 heteroatoms.